The maximum atomic E-state index is 12.3. The first-order valence-corrected chi connectivity index (χ1v) is 8.57. The Balaban J connectivity index is 1.69. The molecule has 0 aliphatic heterocycles. The average Bonchev–Trinajstić information content (AvgIpc) is 3.03. The number of nitrogens with one attached hydrogen (secondary N) is 1. The van der Waals surface area contributed by atoms with Crippen LogP contribution in [0.5, 0.6) is 5.75 Å². The Morgan fingerprint density at radius 3 is 2.78 bits per heavy atom. The van der Waals surface area contributed by atoms with Crippen LogP contribution in [0, 0.1) is 0 Å². The number of ether oxygens (including phenoxy) is 1. The van der Waals surface area contributed by atoms with Crippen LogP contribution in [0.3, 0.4) is 0 Å². The van der Waals surface area contributed by atoms with Gasteiger partial charge < -0.3 is 10.5 Å². The molecule has 1 amide bonds. The number of nitrogen functional groups attached to an aromatic ring is 1. The van der Waals surface area contributed by atoms with Crippen LogP contribution < -0.4 is 15.8 Å². The summed E-state index contributed by atoms with van der Waals surface area (Å²) in [6, 6.07) is 4.98. The van der Waals surface area contributed by atoms with Gasteiger partial charge in [0, 0.05) is 17.7 Å². The van der Waals surface area contributed by atoms with Gasteiger partial charge in [-0.15, -0.1) is 10.2 Å². The van der Waals surface area contributed by atoms with E-state index in [0.717, 1.165) is 17.8 Å². The lowest BCUT2D eigenvalue weighted by Crippen LogP contribution is -2.13. The lowest BCUT2D eigenvalue weighted by atomic mass is 9.90. The molecule has 0 bridgehead atoms. The molecule has 3 rings (SSSR count). The van der Waals surface area contributed by atoms with E-state index < -0.39 is 0 Å². The van der Waals surface area contributed by atoms with E-state index in [1.807, 2.05) is 0 Å². The number of methoxy groups -OCH3 is 1. The molecule has 7 heteroatoms. The minimum absolute atomic E-state index is 0.281. The minimum atomic E-state index is -0.281. The number of amides is 1. The molecule has 0 unspecified atom stereocenters. The Labute approximate surface area is 139 Å². The molecular formula is C16H20N4O2S. The summed E-state index contributed by atoms with van der Waals surface area (Å²) in [6.45, 7) is 0. The first kappa shape index (κ1) is 15.7. The average molecular weight is 332 g/mol. The molecule has 3 N–H and O–H groups in total. The predicted octanol–water partition coefficient (Wildman–Crippen LogP) is 3.43. The summed E-state index contributed by atoms with van der Waals surface area (Å²) >= 11 is 1.46. The molecule has 122 valence electrons. The van der Waals surface area contributed by atoms with E-state index in [-0.39, 0.29) is 5.91 Å². The second kappa shape index (κ2) is 6.95. The van der Waals surface area contributed by atoms with Gasteiger partial charge in [-0.25, -0.2) is 0 Å². The van der Waals surface area contributed by atoms with E-state index in [2.05, 4.69) is 15.5 Å². The zero-order valence-corrected chi connectivity index (χ0v) is 13.9. The molecule has 2 aromatic rings. The number of benzene rings is 1. The molecular weight excluding hydrogens is 312 g/mol. The summed E-state index contributed by atoms with van der Waals surface area (Å²) in [5, 5.41) is 12.6. The van der Waals surface area contributed by atoms with Crippen molar-refractivity contribution in [1.82, 2.24) is 10.2 Å². The summed E-state index contributed by atoms with van der Waals surface area (Å²) < 4.78 is 5.09. The van der Waals surface area contributed by atoms with Gasteiger partial charge in [-0.1, -0.05) is 30.6 Å². The fourth-order valence-corrected chi connectivity index (χ4v) is 3.75. The van der Waals surface area contributed by atoms with Crippen LogP contribution in [0.2, 0.25) is 0 Å². The van der Waals surface area contributed by atoms with E-state index in [1.54, 1.807) is 25.3 Å². The third-order valence-electron chi connectivity index (χ3n) is 4.12. The Morgan fingerprint density at radius 2 is 2.09 bits per heavy atom. The molecule has 0 saturated heterocycles. The highest BCUT2D eigenvalue weighted by molar-refractivity contribution is 7.15. The minimum Gasteiger partial charge on any atom is -0.497 e. The van der Waals surface area contributed by atoms with Crippen LogP contribution >= 0.6 is 11.3 Å². The van der Waals surface area contributed by atoms with Crippen LogP contribution in [0.15, 0.2) is 18.2 Å². The molecule has 6 nitrogen and oxygen atoms in total. The Hall–Kier alpha value is -2.15. The molecule has 1 aromatic heterocycles. The number of nitrogens with zero attached hydrogens (tertiary/aromatic N) is 2. The molecule has 1 aliphatic carbocycles. The van der Waals surface area contributed by atoms with E-state index >= 15 is 0 Å². The smallest absolute Gasteiger partial charge is 0.259 e. The van der Waals surface area contributed by atoms with Gasteiger partial charge in [0.05, 0.1) is 12.7 Å². The van der Waals surface area contributed by atoms with Crippen molar-refractivity contribution < 1.29 is 9.53 Å². The van der Waals surface area contributed by atoms with Crippen molar-refractivity contribution in [3.8, 4) is 5.75 Å². The summed E-state index contributed by atoms with van der Waals surface area (Å²) in [6.07, 6.45) is 6.11. The number of hydrogen-bond acceptors (Lipinski definition) is 6. The first-order valence-electron chi connectivity index (χ1n) is 7.75. The standard InChI is InChI=1S/C16H20N4O2S/c1-22-11-7-8-12(13(17)9-11)14(21)18-16-20-19-15(23-16)10-5-3-2-4-6-10/h7-10H,2-6,17H2,1H3,(H,18,20,21). The molecule has 1 heterocycles. The molecule has 23 heavy (non-hydrogen) atoms. The molecule has 0 spiro atoms. The van der Waals surface area contributed by atoms with Crippen LogP contribution in [0.25, 0.3) is 0 Å². The van der Waals surface area contributed by atoms with Crippen molar-refractivity contribution in [3.05, 3.63) is 28.8 Å². The lowest BCUT2D eigenvalue weighted by molar-refractivity contribution is 0.102. The summed E-state index contributed by atoms with van der Waals surface area (Å²) in [7, 11) is 1.56. The van der Waals surface area contributed by atoms with Gasteiger partial charge in [-0.2, -0.15) is 0 Å². The second-order valence-electron chi connectivity index (χ2n) is 5.69. The third kappa shape index (κ3) is 3.61. The van der Waals surface area contributed by atoms with E-state index in [9.17, 15) is 4.79 Å². The van der Waals surface area contributed by atoms with Crippen LogP contribution in [-0.4, -0.2) is 23.2 Å². The maximum Gasteiger partial charge on any atom is 0.259 e. The number of rotatable bonds is 4. The van der Waals surface area contributed by atoms with Crippen molar-refractivity contribution >= 4 is 28.1 Å². The monoisotopic (exact) mass is 332 g/mol. The zero-order valence-electron chi connectivity index (χ0n) is 13.0. The molecule has 1 aromatic carbocycles. The van der Waals surface area contributed by atoms with E-state index in [4.69, 9.17) is 10.5 Å². The Morgan fingerprint density at radius 1 is 1.30 bits per heavy atom. The molecule has 0 atom stereocenters. The maximum absolute atomic E-state index is 12.3. The first-order chi connectivity index (χ1) is 11.2. The largest absolute Gasteiger partial charge is 0.497 e. The number of carbonyl (C=O) groups excluding carboxylic acids is 1. The quantitative estimate of drug-likeness (QED) is 0.837. The molecule has 1 saturated carbocycles. The number of aromatic nitrogens is 2. The van der Waals surface area contributed by atoms with Gasteiger partial charge >= 0.3 is 0 Å². The van der Waals surface area contributed by atoms with Gasteiger partial charge in [0.1, 0.15) is 10.8 Å². The SMILES string of the molecule is COc1ccc(C(=O)Nc2nnc(C3CCCCC3)s2)c(N)c1. The fourth-order valence-electron chi connectivity index (χ4n) is 2.84. The number of anilines is 2. The van der Waals surface area contributed by atoms with E-state index in [1.165, 1.54) is 30.6 Å². The Bertz CT molecular complexity index is 695. The molecule has 0 radical (unpaired) electrons. The van der Waals surface area contributed by atoms with Crippen molar-refractivity contribution in [2.75, 3.05) is 18.2 Å². The highest BCUT2D eigenvalue weighted by atomic mass is 32.1. The van der Waals surface area contributed by atoms with Crippen molar-refractivity contribution in [3.63, 3.8) is 0 Å². The number of carbonyl (C=O) groups is 1. The van der Waals surface area contributed by atoms with Gasteiger partial charge in [-0.05, 0) is 25.0 Å². The molecule has 1 fully saturated rings. The third-order valence-corrected chi connectivity index (χ3v) is 5.12. The number of hydrogen-bond donors (Lipinski definition) is 2. The van der Waals surface area contributed by atoms with Gasteiger partial charge in [0.25, 0.3) is 5.91 Å². The number of nitrogens with two attached hydrogens (primary N) is 1. The van der Waals surface area contributed by atoms with Crippen molar-refractivity contribution in [2.45, 2.75) is 38.0 Å². The van der Waals surface area contributed by atoms with E-state index in [0.29, 0.717) is 28.0 Å². The Kier molecular flexibility index (Phi) is 4.76. The van der Waals surface area contributed by atoms with Crippen molar-refractivity contribution in [1.29, 1.82) is 0 Å². The second-order valence-corrected chi connectivity index (χ2v) is 6.70. The highest BCUT2D eigenvalue weighted by Crippen LogP contribution is 2.35. The van der Waals surface area contributed by atoms with Gasteiger partial charge in [0.15, 0.2) is 0 Å². The lowest BCUT2D eigenvalue weighted by Gasteiger charge is -2.18. The van der Waals surface area contributed by atoms with Crippen LogP contribution in [0.4, 0.5) is 10.8 Å². The van der Waals surface area contributed by atoms with Gasteiger partial charge in [0.2, 0.25) is 5.13 Å². The topological polar surface area (TPSA) is 90.1 Å². The summed E-state index contributed by atoms with van der Waals surface area (Å²) in [4.78, 5) is 12.3. The van der Waals surface area contributed by atoms with Crippen LogP contribution in [0.1, 0.15) is 53.4 Å². The highest BCUT2D eigenvalue weighted by Gasteiger charge is 2.20. The van der Waals surface area contributed by atoms with Crippen LogP contribution in [-0.2, 0) is 0 Å². The fraction of sp³-hybridized carbons (Fsp3) is 0.438. The van der Waals surface area contributed by atoms with Gasteiger partial charge in [-0.3, -0.25) is 10.1 Å². The summed E-state index contributed by atoms with van der Waals surface area (Å²) in [5.74, 6) is 0.823. The predicted molar refractivity (Wildman–Crippen MR) is 91.1 cm³/mol. The summed E-state index contributed by atoms with van der Waals surface area (Å²) in [5.41, 5.74) is 6.68. The zero-order chi connectivity index (χ0) is 16.2. The normalized spacial score (nSPS) is 15.3. The van der Waals surface area contributed by atoms with Crippen molar-refractivity contribution in [2.24, 2.45) is 0 Å². The molecule has 1 aliphatic rings.